The molecule has 1 aromatic rings. The third kappa shape index (κ3) is 2.67. The normalized spacial score (nSPS) is 28.2. The summed E-state index contributed by atoms with van der Waals surface area (Å²) < 4.78 is 0. The lowest BCUT2D eigenvalue weighted by Gasteiger charge is -2.21. The quantitative estimate of drug-likeness (QED) is 0.843. The summed E-state index contributed by atoms with van der Waals surface area (Å²) in [7, 11) is 0. The second-order valence-corrected chi connectivity index (χ2v) is 4.94. The van der Waals surface area contributed by atoms with Crippen LogP contribution >= 0.6 is 0 Å². The largest absolute Gasteiger partial charge is 0.481 e. The van der Waals surface area contributed by atoms with Gasteiger partial charge in [0.2, 0.25) is 0 Å². The predicted octanol–water partition coefficient (Wildman–Crippen LogP) is 2.32. The summed E-state index contributed by atoms with van der Waals surface area (Å²) in [5, 5.41) is 18.9. The lowest BCUT2D eigenvalue weighted by molar-refractivity contribution is -0.138. The molecule has 3 atom stereocenters. The molecule has 2 N–H and O–H groups in total. The fraction of sp³-hybridized carbons (Fsp3) is 0.500. The molecule has 2 rings (SSSR count). The molecule has 0 heterocycles. The van der Waals surface area contributed by atoms with Crippen molar-refractivity contribution in [2.45, 2.75) is 38.2 Å². The number of carboxylic acids is 1. The number of aryl methyl sites for hydroxylation is 1. The van der Waals surface area contributed by atoms with Crippen LogP contribution in [0.2, 0.25) is 0 Å². The van der Waals surface area contributed by atoms with Crippen LogP contribution < -0.4 is 0 Å². The molecule has 3 heteroatoms. The molecule has 3 unspecified atom stereocenters. The summed E-state index contributed by atoms with van der Waals surface area (Å²) in [6.07, 6.45) is 1.25. The van der Waals surface area contributed by atoms with Gasteiger partial charge in [0.1, 0.15) is 0 Å². The van der Waals surface area contributed by atoms with E-state index in [2.05, 4.69) is 0 Å². The highest BCUT2D eigenvalue weighted by atomic mass is 16.4. The molecule has 0 aromatic heterocycles. The van der Waals surface area contributed by atoms with Crippen LogP contribution in [0, 0.1) is 12.8 Å². The summed E-state index contributed by atoms with van der Waals surface area (Å²) in [5.41, 5.74) is 2.24. The van der Waals surface area contributed by atoms with Crippen molar-refractivity contribution in [1.29, 1.82) is 0 Å². The molecule has 1 aliphatic carbocycles. The Morgan fingerprint density at radius 3 is 2.53 bits per heavy atom. The van der Waals surface area contributed by atoms with Crippen molar-refractivity contribution in [2.24, 2.45) is 5.92 Å². The molecule has 0 radical (unpaired) electrons. The second kappa shape index (κ2) is 4.88. The van der Waals surface area contributed by atoms with Crippen molar-refractivity contribution in [3.63, 3.8) is 0 Å². The number of hydrogen-bond acceptors (Lipinski definition) is 2. The zero-order valence-electron chi connectivity index (χ0n) is 9.97. The summed E-state index contributed by atoms with van der Waals surface area (Å²) in [6, 6.07) is 8.03. The molecule has 1 saturated carbocycles. The smallest absolute Gasteiger partial charge is 0.303 e. The van der Waals surface area contributed by atoms with Gasteiger partial charge < -0.3 is 10.2 Å². The fourth-order valence-electron chi connectivity index (χ4n) is 2.79. The van der Waals surface area contributed by atoms with E-state index in [1.54, 1.807) is 0 Å². The summed E-state index contributed by atoms with van der Waals surface area (Å²) in [4.78, 5) is 10.8. The van der Waals surface area contributed by atoms with Crippen LogP contribution in [0.5, 0.6) is 0 Å². The Bertz CT molecular complexity index is 396. The van der Waals surface area contributed by atoms with Crippen molar-refractivity contribution in [1.82, 2.24) is 0 Å². The van der Waals surface area contributed by atoms with Crippen LogP contribution in [-0.2, 0) is 4.79 Å². The Kier molecular flexibility index (Phi) is 3.48. The van der Waals surface area contributed by atoms with Gasteiger partial charge in [-0.05, 0) is 31.2 Å². The monoisotopic (exact) mass is 234 g/mol. The van der Waals surface area contributed by atoms with Gasteiger partial charge in [0.05, 0.1) is 6.10 Å². The third-order valence-electron chi connectivity index (χ3n) is 3.65. The minimum absolute atomic E-state index is 0.0216. The van der Waals surface area contributed by atoms with Gasteiger partial charge in [-0.3, -0.25) is 4.79 Å². The highest BCUT2D eigenvalue weighted by Gasteiger charge is 2.36. The van der Waals surface area contributed by atoms with Crippen LogP contribution in [0.4, 0.5) is 0 Å². The third-order valence-corrected chi connectivity index (χ3v) is 3.65. The molecule has 0 bridgehead atoms. The number of aliphatic hydroxyl groups excluding tert-OH is 1. The van der Waals surface area contributed by atoms with E-state index in [4.69, 9.17) is 5.11 Å². The number of hydrogen-bond donors (Lipinski definition) is 2. The fourth-order valence-corrected chi connectivity index (χ4v) is 2.79. The Morgan fingerprint density at radius 2 is 1.94 bits per heavy atom. The summed E-state index contributed by atoms with van der Waals surface area (Å²) in [6.45, 7) is 2.02. The van der Waals surface area contributed by atoms with E-state index >= 15 is 0 Å². The Morgan fingerprint density at radius 1 is 1.29 bits per heavy atom. The van der Waals surface area contributed by atoms with Gasteiger partial charge in [0.25, 0.3) is 0 Å². The van der Waals surface area contributed by atoms with Gasteiger partial charge in [0.15, 0.2) is 0 Å². The first-order valence-corrected chi connectivity index (χ1v) is 6.04. The summed E-state index contributed by atoms with van der Waals surface area (Å²) in [5.74, 6) is -0.738. The minimum Gasteiger partial charge on any atom is -0.481 e. The zero-order valence-corrected chi connectivity index (χ0v) is 9.97. The average molecular weight is 234 g/mol. The molecule has 92 valence electrons. The maximum absolute atomic E-state index is 10.8. The molecule has 3 nitrogen and oxygen atoms in total. The summed E-state index contributed by atoms with van der Waals surface area (Å²) >= 11 is 0. The first-order chi connectivity index (χ1) is 8.08. The van der Waals surface area contributed by atoms with Crippen molar-refractivity contribution < 1.29 is 15.0 Å². The van der Waals surface area contributed by atoms with E-state index in [0.717, 1.165) is 12.0 Å². The Balaban J connectivity index is 2.21. The van der Waals surface area contributed by atoms with E-state index in [1.165, 1.54) is 5.56 Å². The lowest BCUT2D eigenvalue weighted by atomic mass is 9.85. The van der Waals surface area contributed by atoms with Crippen LogP contribution in [0.1, 0.15) is 36.3 Å². The first-order valence-electron chi connectivity index (χ1n) is 6.04. The lowest BCUT2D eigenvalue weighted by Crippen LogP contribution is -2.19. The highest BCUT2D eigenvalue weighted by Crippen LogP contribution is 2.41. The molecule has 0 amide bonds. The molecular formula is C14H18O3. The Hall–Kier alpha value is -1.35. The van der Waals surface area contributed by atoms with Gasteiger partial charge in [0, 0.05) is 12.3 Å². The van der Waals surface area contributed by atoms with Crippen LogP contribution in [-0.4, -0.2) is 22.3 Å². The van der Waals surface area contributed by atoms with Crippen LogP contribution in [0.15, 0.2) is 24.3 Å². The van der Waals surface area contributed by atoms with Gasteiger partial charge in [-0.25, -0.2) is 0 Å². The molecule has 0 spiro atoms. The number of aliphatic hydroxyl groups is 1. The van der Waals surface area contributed by atoms with Gasteiger partial charge in [-0.2, -0.15) is 0 Å². The molecular weight excluding hydrogens is 216 g/mol. The number of carbonyl (C=O) groups is 1. The van der Waals surface area contributed by atoms with E-state index < -0.39 is 12.1 Å². The Labute approximate surface area is 101 Å². The standard InChI is InChI=1S/C14H18O3/c1-9-2-4-10(5-3-9)14-11(8-13(16)17)6-7-12(14)15/h2-5,11-12,14-15H,6-8H2,1H3,(H,16,17). The van der Waals surface area contributed by atoms with E-state index in [9.17, 15) is 9.90 Å². The van der Waals surface area contributed by atoms with Crippen molar-refractivity contribution in [2.75, 3.05) is 0 Å². The number of carboxylic acid groups (broad SMARTS) is 1. The predicted molar refractivity (Wildman–Crippen MR) is 64.9 cm³/mol. The van der Waals surface area contributed by atoms with E-state index in [0.29, 0.717) is 6.42 Å². The zero-order chi connectivity index (χ0) is 12.4. The minimum atomic E-state index is -0.777. The van der Waals surface area contributed by atoms with Crippen molar-refractivity contribution in [3.8, 4) is 0 Å². The molecule has 1 fully saturated rings. The molecule has 0 aliphatic heterocycles. The van der Waals surface area contributed by atoms with Crippen molar-refractivity contribution >= 4 is 5.97 Å². The second-order valence-electron chi connectivity index (χ2n) is 4.94. The number of benzene rings is 1. The van der Waals surface area contributed by atoms with E-state index in [-0.39, 0.29) is 18.3 Å². The van der Waals surface area contributed by atoms with Gasteiger partial charge in [-0.1, -0.05) is 29.8 Å². The molecule has 1 aliphatic rings. The number of rotatable bonds is 3. The van der Waals surface area contributed by atoms with Gasteiger partial charge in [-0.15, -0.1) is 0 Å². The molecule has 17 heavy (non-hydrogen) atoms. The average Bonchev–Trinajstić information content (AvgIpc) is 2.61. The van der Waals surface area contributed by atoms with Crippen LogP contribution in [0.25, 0.3) is 0 Å². The van der Waals surface area contributed by atoms with E-state index in [1.807, 2.05) is 31.2 Å². The molecule has 1 aromatic carbocycles. The highest BCUT2D eigenvalue weighted by molar-refractivity contribution is 5.67. The van der Waals surface area contributed by atoms with Gasteiger partial charge >= 0.3 is 5.97 Å². The first kappa shape index (κ1) is 12.1. The van der Waals surface area contributed by atoms with Crippen LogP contribution in [0.3, 0.4) is 0 Å². The molecule has 0 saturated heterocycles. The topological polar surface area (TPSA) is 57.5 Å². The maximum atomic E-state index is 10.8. The maximum Gasteiger partial charge on any atom is 0.303 e. The van der Waals surface area contributed by atoms with Crippen molar-refractivity contribution in [3.05, 3.63) is 35.4 Å². The number of aliphatic carboxylic acids is 1. The SMILES string of the molecule is Cc1ccc(C2C(O)CCC2CC(=O)O)cc1.